The van der Waals surface area contributed by atoms with Crippen LogP contribution in [0.3, 0.4) is 0 Å². The molecule has 198 valence electrons. The summed E-state index contributed by atoms with van der Waals surface area (Å²) in [5.41, 5.74) is 0. The van der Waals surface area contributed by atoms with Crippen molar-refractivity contribution >= 4 is 23.6 Å². The third-order valence-electron chi connectivity index (χ3n) is 8.19. The number of nitriles is 1. The number of carbonyl (C=O) groups excluding carboxylic acids is 4. The van der Waals surface area contributed by atoms with Crippen LogP contribution in [0.4, 0.5) is 13.2 Å². The minimum atomic E-state index is -5.12. The zero-order valence-electron chi connectivity index (χ0n) is 20.0. The van der Waals surface area contributed by atoms with E-state index in [-0.39, 0.29) is 30.2 Å². The molecule has 0 aromatic rings. The standard InChI is InChI=1S/C24H32F3N5O4/c25-24(26,27)23(36)31-18(13-4-2-1-3-5-13)22(35)32-17-7-6-14(11-17)19(32)21(34)30-16(12-28)10-15-8-9-29-20(15)33/h13-19H,1-11H2,(H,29,33)(H,30,34)(H,31,36)/t14-,15-,16-,17+,18-,19-/m0/s1. The molecule has 6 atom stereocenters. The molecule has 4 aliphatic rings. The number of hydrogen-bond donors (Lipinski definition) is 3. The van der Waals surface area contributed by atoms with Gasteiger partial charge in [0.25, 0.3) is 0 Å². The maximum atomic E-state index is 13.7. The Morgan fingerprint density at radius 2 is 1.81 bits per heavy atom. The summed E-state index contributed by atoms with van der Waals surface area (Å²) < 4.78 is 39.3. The largest absolute Gasteiger partial charge is 0.471 e. The summed E-state index contributed by atoms with van der Waals surface area (Å²) >= 11 is 0. The molecule has 4 rings (SSSR count). The summed E-state index contributed by atoms with van der Waals surface area (Å²) in [6, 6.07) is -1.49. The number of piperidine rings is 1. The molecule has 3 N–H and O–H groups in total. The molecule has 2 aliphatic carbocycles. The van der Waals surface area contributed by atoms with Gasteiger partial charge in [-0.05, 0) is 56.8 Å². The fourth-order valence-corrected chi connectivity index (χ4v) is 6.43. The van der Waals surface area contributed by atoms with Crippen molar-refractivity contribution in [3.8, 4) is 6.07 Å². The van der Waals surface area contributed by atoms with E-state index in [1.165, 1.54) is 4.90 Å². The first-order chi connectivity index (χ1) is 17.1. The van der Waals surface area contributed by atoms with Crippen molar-refractivity contribution in [3.05, 3.63) is 0 Å². The van der Waals surface area contributed by atoms with Crippen LogP contribution in [-0.4, -0.2) is 65.4 Å². The Labute approximate surface area is 207 Å². The first-order valence-electron chi connectivity index (χ1n) is 12.8. The molecule has 36 heavy (non-hydrogen) atoms. The van der Waals surface area contributed by atoms with Crippen LogP contribution < -0.4 is 16.0 Å². The highest BCUT2D eigenvalue weighted by Crippen LogP contribution is 2.44. The van der Waals surface area contributed by atoms with E-state index >= 15 is 0 Å². The van der Waals surface area contributed by atoms with Gasteiger partial charge in [0, 0.05) is 18.5 Å². The third kappa shape index (κ3) is 5.44. The van der Waals surface area contributed by atoms with Gasteiger partial charge in [-0.3, -0.25) is 19.2 Å². The number of amides is 4. The molecule has 2 saturated carbocycles. The molecule has 2 saturated heterocycles. The Bertz CT molecular complexity index is 930. The van der Waals surface area contributed by atoms with E-state index in [2.05, 4.69) is 10.6 Å². The molecule has 0 unspecified atom stereocenters. The molecule has 0 aromatic heterocycles. The van der Waals surface area contributed by atoms with Gasteiger partial charge in [-0.25, -0.2) is 0 Å². The van der Waals surface area contributed by atoms with Gasteiger partial charge >= 0.3 is 12.1 Å². The topological polar surface area (TPSA) is 131 Å². The number of hydrogen-bond acceptors (Lipinski definition) is 5. The predicted molar refractivity (Wildman–Crippen MR) is 120 cm³/mol. The van der Waals surface area contributed by atoms with Crippen LogP contribution in [0.2, 0.25) is 0 Å². The second-order valence-electron chi connectivity index (χ2n) is 10.5. The first-order valence-corrected chi connectivity index (χ1v) is 12.8. The second-order valence-corrected chi connectivity index (χ2v) is 10.5. The molecule has 9 nitrogen and oxygen atoms in total. The molecule has 12 heteroatoms. The Hall–Kier alpha value is -2.84. The van der Waals surface area contributed by atoms with Gasteiger partial charge in [0.05, 0.1) is 6.07 Å². The molecule has 2 heterocycles. The average molecular weight is 512 g/mol. The normalized spacial score (nSPS) is 29.8. The highest BCUT2D eigenvalue weighted by atomic mass is 19.4. The zero-order chi connectivity index (χ0) is 26.0. The highest BCUT2D eigenvalue weighted by Gasteiger charge is 2.54. The Morgan fingerprint density at radius 3 is 2.42 bits per heavy atom. The van der Waals surface area contributed by atoms with Crippen molar-refractivity contribution in [3.63, 3.8) is 0 Å². The number of nitrogens with one attached hydrogen (secondary N) is 3. The molecule has 0 aromatic carbocycles. The summed E-state index contributed by atoms with van der Waals surface area (Å²) in [5, 5.41) is 16.9. The Morgan fingerprint density at radius 1 is 1.08 bits per heavy atom. The van der Waals surface area contributed by atoms with E-state index in [4.69, 9.17) is 0 Å². The maximum Gasteiger partial charge on any atom is 0.471 e. The number of carbonyl (C=O) groups is 4. The van der Waals surface area contributed by atoms with E-state index < -0.39 is 47.9 Å². The van der Waals surface area contributed by atoms with Crippen molar-refractivity contribution in [2.75, 3.05) is 6.54 Å². The lowest BCUT2D eigenvalue weighted by atomic mass is 9.82. The van der Waals surface area contributed by atoms with Crippen molar-refractivity contribution < 1.29 is 32.3 Å². The summed E-state index contributed by atoms with van der Waals surface area (Å²) in [4.78, 5) is 52.2. The number of halogens is 3. The predicted octanol–water partition coefficient (Wildman–Crippen LogP) is 1.53. The lowest BCUT2D eigenvalue weighted by molar-refractivity contribution is -0.176. The van der Waals surface area contributed by atoms with E-state index in [0.717, 1.165) is 19.3 Å². The molecule has 0 spiro atoms. The van der Waals surface area contributed by atoms with E-state index in [9.17, 15) is 37.6 Å². The van der Waals surface area contributed by atoms with Crippen LogP contribution in [0, 0.1) is 29.1 Å². The third-order valence-corrected chi connectivity index (χ3v) is 8.19. The Kier molecular flexibility index (Phi) is 7.76. The average Bonchev–Trinajstić information content (AvgIpc) is 3.58. The number of alkyl halides is 3. The molecule has 4 amide bonds. The fraction of sp³-hybridized carbons (Fsp3) is 0.792. The number of likely N-dealkylation sites (tertiary alicyclic amines) is 1. The summed E-state index contributed by atoms with van der Waals surface area (Å²) in [6.07, 6.45) is 0.932. The molecular formula is C24H32F3N5O4. The van der Waals surface area contributed by atoms with Crippen LogP contribution in [0.1, 0.15) is 64.2 Å². The van der Waals surface area contributed by atoms with Crippen molar-refractivity contribution in [1.29, 1.82) is 5.26 Å². The summed E-state index contributed by atoms with van der Waals surface area (Å²) in [5.74, 6) is -4.51. The van der Waals surface area contributed by atoms with Crippen molar-refractivity contribution in [1.82, 2.24) is 20.9 Å². The second kappa shape index (κ2) is 10.6. The molecule has 4 fully saturated rings. The number of rotatable bonds is 7. The monoisotopic (exact) mass is 511 g/mol. The number of nitrogens with zero attached hydrogens (tertiary/aromatic N) is 2. The molecule has 2 aliphatic heterocycles. The lowest BCUT2D eigenvalue weighted by Gasteiger charge is -2.39. The maximum absolute atomic E-state index is 13.7. The minimum absolute atomic E-state index is 0.148. The van der Waals surface area contributed by atoms with Gasteiger partial charge in [-0.1, -0.05) is 19.3 Å². The van der Waals surface area contributed by atoms with Gasteiger partial charge in [-0.15, -0.1) is 0 Å². The van der Waals surface area contributed by atoms with Gasteiger partial charge in [0.1, 0.15) is 18.1 Å². The lowest BCUT2D eigenvalue weighted by Crippen LogP contribution is -2.61. The summed E-state index contributed by atoms with van der Waals surface area (Å²) in [7, 11) is 0. The fourth-order valence-electron chi connectivity index (χ4n) is 6.43. The summed E-state index contributed by atoms with van der Waals surface area (Å²) in [6.45, 7) is 0.510. The molecule has 0 radical (unpaired) electrons. The van der Waals surface area contributed by atoms with Crippen LogP contribution in [0.5, 0.6) is 0 Å². The van der Waals surface area contributed by atoms with Gasteiger partial charge in [0.2, 0.25) is 17.7 Å². The number of fused-ring (bicyclic) bond motifs is 2. The van der Waals surface area contributed by atoms with Crippen molar-refractivity contribution in [2.24, 2.45) is 17.8 Å². The molecular weight excluding hydrogens is 479 g/mol. The highest BCUT2D eigenvalue weighted by molar-refractivity contribution is 5.94. The van der Waals surface area contributed by atoms with Crippen LogP contribution in [0.15, 0.2) is 0 Å². The van der Waals surface area contributed by atoms with Crippen LogP contribution in [-0.2, 0) is 19.2 Å². The van der Waals surface area contributed by atoms with E-state index in [0.29, 0.717) is 45.1 Å². The van der Waals surface area contributed by atoms with Crippen molar-refractivity contribution in [2.45, 2.75) is 94.6 Å². The molecule has 2 bridgehead atoms. The minimum Gasteiger partial charge on any atom is -0.356 e. The van der Waals surface area contributed by atoms with Gasteiger partial charge in [0.15, 0.2) is 0 Å². The smallest absolute Gasteiger partial charge is 0.356 e. The van der Waals surface area contributed by atoms with Crippen LogP contribution in [0.25, 0.3) is 0 Å². The van der Waals surface area contributed by atoms with E-state index in [1.807, 2.05) is 11.4 Å². The quantitative estimate of drug-likeness (QED) is 0.477. The van der Waals surface area contributed by atoms with E-state index in [1.54, 1.807) is 0 Å². The van der Waals surface area contributed by atoms with Crippen LogP contribution >= 0.6 is 0 Å². The first kappa shape index (κ1) is 26.2. The Balaban J connectivity index is 1.51. The van der Waals surface area contributed by atoms with Gasteiger partial charge in [-0.2, -0.15) is 18.4 Å². The zero-order valence-corrected chi connectivity index (χ0v) is 20.0. The SMILES string of the molecule is N#C[C@H](C[C@@H]1CCNC1=O)NC(=O)[C@@H]1[C@H]2CC[C@H](C2)N1C(=O)[C@@H](NC(=O)C(F)(F)F)C1CCCCC1. The van der Waals surface area contributed by atoms with Gasteiger partial charge < -0.3 is 20.9 Å².